The van der Waals surface area contributed by atoms with Gasteiger partial charge in [-0.1, -0.05) is 91.4 Å². The Labute approximate surface area is 255 Å². The molecule has 0 radical (unpaired) electrons. The van der Waals surface area contributed by atoms with Gasteiger partial charge in [0.2, 0.25) is 0 Å². The van der Waals surface area contributed by atoms with Crippen molar-refractivity contribution in [2.45, 2.75) is 52.1 Å². The van der Waals surface area contributed by atoms with Gasteiger partial charge >= 0.3 is 0 Å². The molecule has 0 bridgehead atoms. The first-order chi connectivity index (χ1) is 21.0. The average molecular weight is 573 g/mol. The Balaban J connectivity index is 1.48. The van der Waals surface area contributed by atoms with Gasteiger partial charge in [-0.25, -0.2) is 0 Å². The van der Waals surface area contributed by atoms with Crippen molar-refractivity contribution in [2.75, 3.05) is 0 Å². The van der Waals surface area contributed by atoms with Crippen molar-refractivity contribution in [3.63, 3.8) is 0 Å². The Morgan fingerprint density at radius 2 is 1.42 bits per heavy atom. The summed E-state index contributed by atoms with van der Waals surface area (Å²) < 4.78 is 6.40. The molecule has 0 spiro atoms. The van der Waals surface area contributed by atoms with E-state index in [1.165, 1.54) is 90.5 Å². The van der Waals surface area contributed by atoms with E-state index >= 15 is 0 Å². The maximum absolute atomic E-state index is 6.40. The van der Waals surface area contributed by atoms with Crippen LogP contribution in [-0.2, 0) is 0 Å². The van der Waals surface area contributed by atoms with E-state index in [-0.39, 0.29) is 5.92 Å². The molecule has 1 aliphatic heterocycles. The SMILES string of the molecule is CC1=Cc2cc(=[Si]3CCC3)c(C)c(-c3ccccc3)c2=C1C1C(c2ccc(C)o2)=Cc2c1ccc(C)c2-c1ccccc1. The Morgan fingerprint density at radius 3 is 2.05 bits per heavy atom. The molecular formula is C41H36OSi. The first-order valence-corrected chi connectivity index (χ1v) is 17.5. The first-order valence-electron chi connectivity index (χ1n) is 15.6. The molecule has 5 aromatic rings. The second-order valence-corrected chi connectivity index (χ2v) is 15.3. The fourth-order valence-corrected chi connectivity index (χ4v) is 9.96. The van der Waals surface area contributed by atoms with E-state index in [9.17, 15) is 0 Å². The van der Waals surface area contributed by atoms with Crippen LogP contribution in [0.25, 0.3) is 45.6 Å². The van der Waals surface area contributed by atoms with Crippen molar-refractivity contribution in [3.05, 3.63) is 146 Å². The lowest BCUT2D eigenvalue weighted by Crippen LogP contribution is -2.20. The highest BCUT2D eigenvalue weighted by atomic mass is 28.2. The van der Waals surface area contributed by atoms with Gasteiger partial charge in [-0.05, 0) is 129 Å². The fraction of sp³-hybridized carbons (Fsp3) is 0.195. The summed E-state index contributed by atoms with van der Waals surface area (Å²) in [5, 5.41) is 1.42. The van der Waals surface area contributed by atoms with Gasteiger partial charge in [-0.15, -0.1) is 0 Å². The molecule has 1 nitrogen and oxygen atoms in total. The van der Waals surface area contributed by atoms with Crippen LogP contribution in [0.1, 0.15) is 58.6 Å². The molecule has 43 heavy (non-hydrogen) atoms. The number of benzene rings is 4. The lowest BCUT2D eigenvalue weighted by molar-refractivity contribution is 0.520. The van der Waals surface area contributed by atoms with Crippen LogP contribution < -0.4 is 5.22 Å². The summed E-state index contributed by atoms with van der Waals surface area (Å²) in [6.45, 7) is 9.01. The van der Waals surface area contributed by atoms with Crippen molar-refractivity contribution in [1.29, 1.82) is 0 Å². The van der Waals surface area contributed by atoms with Crippen LogP contribution in [0.3, 0.4) is 0 Å². The minimum absolute atomic E-state index is 0.0894. The number of hydrogen-bond donors (Lipinski definition) is 0. The molecule has 1 atom stereocenters. The summed E-state index contributed by atoms with van der Waals surface area (Å²) >= 11 is 0. The molecule has 0 amide bonds. The van der Waals surface area contributed by atoms with E-state index in [1.54, 1.807) is 4.81 Å². The van der Waals surface area contributed by atoms with Crippen LogP contribution in [-0.4, -0.2) is 8.41 Å². The third-order valence-corrected chi connectivity index (χ3v) is 13.1. The van der Waals surface area contributed by atoms with Crippen LogP contribution in [0.5, 0.6) is 0 Å². The molecule has 3 aliphatic rings. The molecule has 1 saturated heterocycles. The van der Waals surface area contributed by atoms with E-state index in [2.05, 4.69) is 124 Å². The predicted octanol–water partition coefficient (Wildman–Crippen LogP) is 10.2. The van der Waals surface area contributed by atoms with Crippen molar-refractivity contribution >= 4 is 31.7 Å². The summed E-state index contributed by atoms with van der Waals surface area (Å²) in [7, 11) is -0.463. The molecule has 210 valence electrons. The van der Waals surface area contributed by atoms with E-state index in [1.807, 2.05) is 6.92 Å². The van der Waals surface area contributed by atoms with E-state index in [0.717, 1.165) is 11.5 Å². The second-order valence-electron chi connectivity index (χ2n) is 12.5. The van der Waals surface area contributed by atoms with Crippen molar-refractivity contribution in [2.24, 2.45) is 0 Å². The minimum atomic E-state index is -0.463. The zero-order valence-corrected chi connectivity index (χ0v) is 26.4. The summed E-state index contributed by atoms with van der Waals surface area (Å²) in [5.74, 6) is 2.01. The normalized spacial score (nSPS) is 17.0. The molecule has 0 N–H and O–H groups in total. The van der Waals surface area contributed by atoms with Gasteiger partial charge in [-0.3, -0.25) is 0 Å². The average Bonchev–Trinajstić information content (AvgIpc) is 3.67. The Bertz CT molecular complexity index is 2120. The largest absolute Gasteiger partial charge is 0.462 e. The van der Waals surface area contributed by atoms with Crippen molar-refractivity contribution in [1.82, 2.24) is 0 Å². The highest BCUT2D eigenvalue weighted by Crippen LogP contribution is 2.53. The van der Waals surface area contributed by atoms with Crippen LogP contribution >= 0.6 is 0 Å². The third kappa shape index (κ3) is 4.15. The van der Waals surface area contributed by atoms with Crippen LogP contribution in [0, 0.1) is 25.6 Å². The molecule has 2 heterocycles. The zero-order chi connectivity index (χ0) is 29.2. The minimum Gasteiger partial charge on any atom is -0.462 e. The van der Waals surface area contributed by atoms with Gasteiger partial charge in [0.1, 0.15) is 11.5 Å². The van der Waals surface area contributed by atoms with Gasteiger partial charge in [-0.2, -0.15) is 0 Å². The second kappa shape index (κ2) is 10.2. The summed E-state index contributed by atoms with van der Waals surface area (Å²) in [6, 6.07) is 36.3. The molecule has 0 saturated carbocycles. The molecule has 2 aliphatic carbocycles. The standard InChI is InChI=1S/C41H36OSi/c1-25-16-18-32-33(37(25)29-12-7-5-8-13-29)24-34(35-19-17-27(3)42-35)41(32)38-26(2)22-31-23-36(43-20-11-21-43)28(4)39(40(31)38)30-14-9-6-10-15-30/h5-10,12-19,22-24,41H,11,20-21H2,1-4H3. The quantitative estimate of drug-likeness (QED) is 0.195. The van der Waals surface area contributed by atoms with Gasteiger partial charge in [0.05, 0.1) is 0 Å². The van der Waals surface area contributed by atoms with Crippen LogP contribution in [0.2, 0.25) is 12.1 Å². The van der Waals surface area contributed by atoms with Crippen molar-refractivity contribution in [3.8, 4) is 22.3 Å². The molecule has 1 unspecified atom stereocenters. The smallest absolute Gasteiger partial charge is 0.131 e. The molecule has 1 aromatic heterocycles. The van der Waals surface area contributed by atoms with Crippen LogP contribution in [0.15, 0.2) is 101 Å². The van der Waals surface area contributed by atoms with Gasteiger partial charge in [0.25, 0.3) is 0 Å². The lowest BCUT2D eigenvalue weighted by Gasteiger charge is -2.23. The van der Waals surface area contributed by atoms with E-state index < -0.39 is 8.41 Å². The fourth-order valence-electron chi connectivity index (χ4n) is 7.70. The van der Waals surface area contributed by atoms with Gasteiger partial charge < -0.3 is 4.42 Å². The first kappa shape index (κ1) is 26.4. The highest BCUT2D eigenvalue weighted by molar-refractivity contribution is 6.53. The van der Waals surface area contributed by atoms with Gasteiger partial charge in [0.15, 0.2) is 0 Å². The maximum atomic E-state index is 6.40. The number of allylic oxidation sites excluding steroid dienone is 2. The Morgan fingerprint density at radius 1 is 0.721 bits per heavy atom. The molecule has 4 aromatic carbocycles. The monoisotopic (exact) mass is 572 g/mol. The molecule has 1 fully saturated rings. The highest BCUT2D eigenvalue weighted by Gasteiger charge is 2.36. The number of fused-ring (bicyclic) bond motifs is 2. The zero-order valence-electron chi connectivity index (χ0n) is 25.4. The topological polar surface area (TPSA) is 13.1 Å². The number of rotatable bonds is 4. The van der Waals surface area contributed by atoms with E-state index in [4.69, 9.17) is 4.42 Å². The van der Waals surface area contributed by atoms with E-state index in [0.29, 0.717) is 0 Å². The number of hydrogen-bond acceptors (Lipinski definition) is 1. The van der Waals surface area contributed by atoms with Crippen molar-refractivity contribution < 1.29 is 4.42 Å². The summed E-state index contributed by atoms with van der Waals surface area (Å²) in [6.07, 6.45) is 6.28. The summed E-state index contributed by atoms with van der Waals surface area (Å²) in [4.78, 5) is 1.64. The number of furan rings is 1. The number of aryl methyl sites for hydroxylation is 2. The molecule has 2 heteroatoms. The Kier molecular flexibility index (Phi) is 6.24. The maximum Gasteiger partial charge on any atom is 0.131 e. The van der Waals surface area contributed by atoms with Crippen LogP contribution in [0.4, 0.5) is 0 Å². The Hall–Kier alpha value is -4.27. The lowest BCUT2D eigenvalue weighted by atomic mass is 9.81. The molecular weight excluding hydrogens is 537 g/mol. The molecule has 8 rings (SSSR count). The third-order valence-electron chi connectivity index (χ3n) is 9.87. The summed E-state index contributed by atoms with van der Waals surface area (Å²) in [5.41, 5.74) is 16.3. The predicted molar refractivity (Wildman–Crippen MR) is 183 cm³/mol. The van der Waals surface area contributed by atoms with Gasteiger partial charge in [0, 0.05) is 19.9 Å².